The second-order valence-electron chi connectivity index (χ2n) is 4.80. The van der Waals surface area contributed by atoms with Crippen molar-refractivity contribution in [2.75, 3.05) is 32.1 Å². The maximum atomic E-state index is 12.3. The summed E-state index contributed by atoms with van der Waals surface area (Å²) in [5.74, 6) is -2.12. The zero-order valence-corrected chi connectivity index (χ0v) is 12.4. The number of esters is 1. The van der Waals surface area contributed by atoms with E-state index in [9.17, 15) is 14.4 Å². The number of hydrogen-bond donors (Lipinski definition) is 3. The first-order valence-corrected chi connectivity index (χ1v) is 6.80. The van der Waals surface area contributed by atoms with Crippen LogP contribution in [0.5, 0.6) is 0 Å². The molecule has 3 N–H and O–H groups in total. The second kappa shape index (κ2) is 6.93. The minimum Gasteiger partial charge on any atom is -0.478 e. The fourth-order valence-corrected chi connectivity index (χ4v) is 2.19. The largest absolute Gasteiger partial charge is 0.478 e. The number of nitrogens with zero attached hydrogens (tertiary/aromatic N) is 1. The molecule has 1 heterocycles. The molecule has 1 amide bonds. The monoisotopic (exact) mass is 320 g/mol. The molecule has 0 saturated carbocycles. The Balaban J connectivity index is 2.27. The summed E-state index contributed by atoms with van der Waals surface area (Å²) in [5, 5.41) is 20.7. The molecule has 1 aromatic rings. The highest BCUT2D eigenvalue weighted by Gasteiger charge is 2.34. The van der Waals surface area contributed by atoms with Crippen LogP contribution in [-0.4, -0.2) is 59.8 Å². The molecular formula is C15H16N2O6. The van der Waals surface area contributed by atoms with Gasteiger partial charge in [-0.3, -0.25) is 4.79 Å². The highest BCUT2D eigenvalue weighted by Crippen LogP contribution is 2.22. The van der Waals surface area contributed by atoms with E-state index in [0.717, 1.165) is 0 Å². The topological polar surface area (TPSA) is 116 Å². The fraction of sp³-hybridized carbons (Fsp3) is 0.267. The van der Waals surface area contributed by atoms with E-state index in [2.05, 4.69) is 10.1 Å². The lowest BCUT2D eigenvalue weighted by Crippen LogP contribution is -2.31. The Bertz CT molecular complexity index is 665. The first-order valence-electron chi connectivity index (χ1n) is 6.80. The molecule has 0 aliphatic carbocycles. The van der Waals surface area contributed by atoms with Gasteiger partial charge in [-0.15, -0.1) is 0 Å². The van der Waals surface area contributed by atoms with E-state index in [4.69, 9.17) is 10.2 Å². The predicted octanol–water partition coefficient (Wildman–Crippen LogP) is 0.0583. The van der Waals surface area contributed by atoms with Crippen molar-refractivity contribution in [1.29, 1.82) is 0 Å². The van der Waals surface area contributed by atoms with Crippen LogP contribution in [0.2, 0.25) is 0 Å². The molecule has 0 unspecified atom stereocenters. The number of carboxylic acid groups (broad SMARTS) is 1. The molecule has 1 aliphatic heterocycles. The van der Waals surface area contributed by atoms with Gasteiger partial charge in [0.15, 0.2) is 0 Å². The van der Waals surface area contributed by atoms with Crippen molar-refractivity contribution in [2.45, 2.75) is 0 Å². The van der Waals surface area contributed by atoms with E-state index in [1.165, 1.54) is 36.3 Å². The van der Waals surface area contributed by atoms with Gasteiger partial charge in [-0.25, -0.2) is 9.59 Å². The van der Waals surface area contributed by atoms with Gasteiger partial charge in [0.1, 0.15) is 5.70 Å². The number of methoxy groups -OCH3 is 1. The summed E-state index contributed by atoms with van der Waals surface area (Å²) in [5.41, 5.74) is 0.796. The average molecular weight is 320 g/mol. The van der Waals surface area contributed by atoms with Crippen LogP contribution in [0.15, 0.2) is 35.5 Å². The third-order valence-electron chi connectivity index (χ3n) is 3.35. The molecule has 8 heteroatoms. The van der Waals surface area contributed by atoms with Crippen molar-refractivity contribution in [2.24, 2.45) is 0 Å². The van der Waals surface area contributed by atoms with Gasteiger partial charge in [0.25, 0.3) is 5.91 Å². The Kier molecular flexibility index (Phi) is 4.97. The number of hydrogen-bond acceptors (Lipinski definition) is 6. The third kappa shape index (κ3) is 3.49. The number of carbonyl (C=O) groups is 3. The van der Waals surface area contributed by atoms with Crippen molar-refractivity contribution in [3.05, 3.63) is 41.1 Å². The van der Waals surface area contributed by atoms with Gasteiger partial charge < -0.3 is 25.2 Å². The number of nitrogens with one attached hydrogen (secondary N) is 1. The first-order chi connectivity index (χ1) is 11.0. The van der Waals surface area contributed by atoms with Crippen LogP contribution in [0.4, 0.5) is 5.69 Å². The van der Waals surface area contributed by atoms with E-state index in [1.54, 1.807) is 0 Å². The van der Waals surface area contributed by atoms with Gasteiger partial charge in [0.2, 0.25) is 0 Å². The van der Waals surface area contributed by atoms with Crippen LogP contribution in [0.25, 0.3) is 0 Å². The summed E-state index contributed by atoms with van der Waals surface area (Å²) in [6, 6.07) is 5.75. The number of aliphatic hydroxyl groups excluding tert-OH is 1. The number of carboxylic acids is 1. The lowest BCUT2D eigenvalue weighted by atomic mass is 10.2. The summed E-state index contributed by atoms with van der Waals surface area (Å²) in [6.07, 6.45) is 0. The third-order valence-corrected chi connectivity index (χ3v) is 3.35. The smallest absolute Gasteiger partial charge is 0.337 e. The molecule has 122 valence electrons. The molecule has 0 bridgehead atoms. The van der Waals surface area contributed by atoms with Gasteiger partial charge in [0.05, 0.1) is 31.4 Å². The standard InChI is InChI=1S/C15H16N2O6/c1-23-15(22)11-8-17(6-7-18)13(19)12(11)16-10-4-2-9(3-5-10)14(20)21/h2-5,16,18H,6-8H2,1H3,(H,20,21). The van der Waals surface area contributed by atoms with Crippen LogP contribution >= 0.6 is 0 Å². The fourth-order valence-electron chi connectivity index (χ4n) is 2.19. The second-order valence-corrected chi connectivity index (χ2v) is 4.80. The van der Waals surface area contributed by atoms with E-state index >= 15 is 0 Å². The summed E-state index contributed by atoms with van der Waals surface area (Å²) in [4.78, 5) is 36.3. The number of β-amino-alcohol motifs (C(OH)–C–C–N with tert-alkyl or cyclic N) is 1. The minimum atomic E-state index is -1.06. The zero-order valence-electron chi connectivity index (χ0n) is 12.4. The van der Waals surface area contributed by atoms with Crippen molar-refractivity contribution in [1.82, 2.24) is 4.90 Å². The van der Waals surface area contributed by atoms with Crippen LogP contribution < -0.4 is 5.32 Å². The molecule has 0 atom stereocenters. The molecule has 8 nitrogen and oxygen atoms in total. The van der Waals surface area contributed by atoms with Gasteiger partial charge in [-0.05, 0) is 24.3 Å². The van der Waals surface area contributed by atoms with Crippen LogP contribution in [0.1, 0.15) is 10.4 Å². The molecule has 2 rings (SSSR count). The lowest BCUT2D eigenvalue weighted by Gasteiger charge is -2.15. The Hall–Kier alpha value is -2.87. The Morgan fingerprint density at radius 1 is 1.30 bits per heavy atom. The van der Waals surface area contributed by atoms with Crippen molar-refractivity contribution in [3.8, 4) is 0 Å². The molecule has 0 radical (unpaired) electrons. The van der Waals surface area contributed by atoms with Gasteiger partial charge in [0, 0.05) is 12.2 Å². The number of ether oxygens (including phenoxy) is 1. The predicted molar refractivity (Wildman–Crippen MR) is 79.7 cm³/mol. The molecule has 0 saturated heterocycles. The van der Waals surface area contributed by atoms with Crippen LogP contribution in [-0.2, 0) is 14.3 Å². The maximum Gasteiger partial charge on any atom is 0.337 e. The van der Waals surface area contributed by atoms with Gasteiger partial charge >= 0.3 is 11.9 Å². The summed E-state index contributed by atoms with van der Waals surface area (Å²) in [6.45, 7) is -0.0785. The molecule has 23 heavy (non-hydrogen) atoms. The minimum absolute atomic E-state index is 0.0433. The SMILES string of the molecule is COC(=O)C1=C(Nc2ccc(C(=O)O)cc2)C(=O)N(CCO)C1. The van der Waals surface area contributed by atoms with E-state index < -0.39 is 17.8 Å². The Morgan fingerprint density at radius 2 is 1.96 bits per heavy atom. The zero-order chi connectivity index (χ0) is 17.0. The van der Waals surface area contributed by atoms with Gasteiger partial charge in [-0.2, -0.15) is 0 Å². The summed E-state index contributed by atoms with van der Waals surface area (Å²) < 4.78 is 4.67. The Morgan fingerprint density at radius 3 is 2.48 bits per heavy atom. The van der Waals surface area contributed by atoms with E-state index in [0.29, 0.717) is 5.69 Å². The van der Waals surface area contributed by atoms with Crippen molar-refractivity contribution in [3.63, 3.8) is 0 Å². The highest BCUT2D eigenvalue weighted by molar-refractivity contribution is 6.08. The average Bonchev–Trinajstić information content (AvgIpc) is 2.84. The highest BCUT2D eigenvalue weighted by atomic mass is 16.5. The van der Waals surface area contributed by atoms with Crippen LogP contribution in [0.3, 0.4) is 0 Å². The maximum absolute atomic E-state index is 12.3. The van der Waals surface area contributed by atoms with Gasteiger partial charge in [-0.1, -0.05) is 0 Å². The summed E-state index contributed by atoms with van der Waals surface area (Å²) >= 11 is 0. The van der Waals surface area contributed by atoms with Crippen LogP contribution in [0, 0.1) is 0 Å². The molecule has 0 fully saturated rings. The lowest BCUT2D eigenvalue weighted by molar-refractivity contribution is -0.136. The quantitative estimate of drug-likeness (QED) is 0.635. The number of anilines is 1. The number of aromatic carboxylic acids is 1. The number of benzene rings is 1. The molecule has 1 aliphatic rings. The van der Waals surface area contributed by atoms with E-state index in [-0.39, 0.29) is 36.5 Å². The number of aliphatic hydroxyl groups is 1. The number of carbonyl (C=O) groups excluding carboxylic acids is 2. The summed E-state index contributed by atoms with van der Waals surface area (Å²) in [7, 11) is 1.22. The number of rotatable bonds is 6. The Labute approximate surface area is 132 Å². The molecule has 0 spiro atoms. The van der Waals surface area contributed by atoms with E-state index in [1.807, 2.05) is 0 Å². The number of amides is 1. The van der Waals surface area contributed by atoms with Crippen molar-refractivity contribution >= 4 is 23.5 Å². The first kappa shape index (κ1) is 16.5. The molecule has 1 aromatic carbocycles. The van der Waals surface area contributed by atoms with Crippen molar-refractivity contribution < 1.29 is 29.3 Å². The normalized spacial score (nSPS) is 14.2. The molecular weight excluding hydrogens is 304 g/mol. The molecule has 0 aromatic heterocycles.